The van der Waals surface area contributed by atoms with Gasteiger partial charge < -0.3 is 10.2 Å². The molecule has 4 rings (SSSR count). The maximum atomic E-state index is 12.7. The molecule has 1 fully saturated rings. The zero-order chi connectivity index (χ0) is 19.5. The van der Waals surface area contributed by atoms with Gasteiger partial charge >= 0.3 is 0 Å². The largest absolute Gasteiger partial charge is 0.338 e. The van der Waals surface area contributed by atoms with E-state index in [0.717, 1.165) is 37.8 Å². The molecule has 2 aliphatic rings. The smallest absolute Gasteiger partial charge is 0.245 e. The number of likely N-dealkylation sites (tertiary alicyclic amines) is 1. The first kappa shape index (κ1) is 18.9. The number of hydrogen-bond donors (Lipinski definition) is 1. The van der Waals surface area contributed by atoms with E-state index in [1.54, 1.807) is 16.2 Å². The Labute approximate surface area is 169 Å². The molecule has 1 aliphatic carbocycles. The van der Waals surface area contributed by atoms with Gasteiger partial charge in [-0.2, -0.15) is 0 Å². The highest BCUT2D eigenvalue weighted by molar-refractivity contribution is 7.15. The number of aryl methyl sites for hydroxylation is 1. The van der Waals surface area contributed by atoms with Crippen LogP contribution in [0.15, 0.2) is 43.0 Å². The van der Waals surface area contributed by atoms with E-state index >= 15 is 0 Å². The van der Waals surface area contributed by atoms with Crippen molar-refractivity contribution >= 4 is 28.3 Å². The number of fused-ring (bicyclic) bond motifs is 1. The van der Waals surface area contributed by atoms with Crippen LogP contribution in [-0.4, -0.2) is 34.8 Å². The Morgan fingerprint density at radius 2 is 2.07 bits per heavy atom. The van der Waals surface area contributed by atoms with E-state index in [4.69, 9.17) is 0 Å². The molecule has 5 nitrogen and oxygen atoms in total. The highest BCUT2D eigenvalue weighted by Gasteiger charge is 2.29. The van der Waals surface area contributed by atoms with Crippen molar-refractivity contribution in [1.29, 1.82) is 0 Å². The first-order valence-electron chi connectivity index (χ1n) is 9.89. The number of anilines is 1. The standard InChI is InChI=1S/C22H25N3O2S/c1-2-20(26)25-12-6-9-17(14-25)21(27)24-22-23-18-11-10-16(13-19(18)28-22)15-7-4-3-5-8-15/h2-5,7-8,16-17H,1,6,9-14H2,(H,23,24,27). The molecule has 1 N–H and O–H groups in total. The highest BCUT2D eigenvalue weighted by Crippen LogP contribution is 2.37. The number of hydrogen-bond acceptors (Lipinski definition) is 4. The first-order chi connectivity index (χ1) is 13.6. The Morgan fingerprint density at radius 1 is 1.25 bits per heavy atom. The number of piperidine rings is 1. The minimum absolute atomic E-state index is 0.0349. The van der Waals surface area contributed by atoms with Gasteiger partial charge in [0.1, 0.15) is 0 Å². The number of benzene rings is 1. The molecule has 28 heavy (non-hydrogen) atoms. The molecule has 2 heterocycles. The van der Waals surface area contributed by atoms with Gasteiger partial charge in [-0.3, -0.25) is 9.59 Å². The predicted molar refractivity (Wildman–Crippen MR) is 111 cm³/mol. The number of amides is 2. The Bertz CT molecular complexity index is 877. The number of nitrogens with zero attached hydrogens (tertiary/aromatic N) is 2. The second-order valence-corrected chi connectivity index (χ2v) is 8.64. The van der Waals surface area contributed by atoms with Crippen LogP contribution in [0.1, 0.15) is 41.3 Å². The van der Waals surface area contributed by atoms with E-state index in [-0.39, 0.29) is 17.7 Å². The summed E-state index contributed by atoms with van der Waals surface area (Å²) < 4.78 is 0. The van der Waals surface area contributed by atoms with E-state index < -0.39 is 0 Å². The van der Waals surface area contributed by atoms with Crippen LogP contribution in [-0.2, 0) is 22.4 Å². The first-order valence-corrected chi connectivity index (χ1v) is 10.7. The van der Waals surface area contributed by atoms with Crippen LogP contribution in [0.3, 0.4) is 0 Å². The van der Waals surface area contributed by atoms with Gasteiger partial charge in [0.25, 0.3) is 0 Å². The molecule has 146 valence electrons. The molecular weight excluding hydrogens is 370 g/mol. The Morgan fingerprint density at radius 3 is 2.86 bits per heavy atom. The van der Waals surface area contributed by atoms with Gasteiger partial charge in [0.15, 0.2) is 5.13 Å². The molecule has 1 aliphatic heterocycles. The van der Waals surface area contributed by atoms with E-state index in [2.05, 4.69) is 41.1 Å². The van der Waals surface area contributed by atoms with Crippen molar-refractivity contribution in [3.8, 4) is 0 Å². The molecule has 6 heteroatoms. The maximum absolute atomic E-state index is 12.7. The van der Waals surface area contributed by atoms with E-state index in [0.29, 0.717) is 24.1 Å². The molecule has 2 amide bonds. The van der Waals surface area contributed by atoms with Crippen molar-refractivity contribution in [2.45, 2.75) is 38.0 Å². The summed E-state index contributed by atoms with van der Waals surface area (Å²) in [5, 5.41) is 3.70. The summed E-state index contributed by atoms with van der Waals surface area (Å²) in [6, 6.07) is 10.6. The number of carbonyl (C=O) groups excluding carboxylic acids is 2. The van der Waals surface area contributed by atoms with Gasteiger partial charge in [-0.1, -0.05) is 36.9 Å². The monoisotopic (exact) mass is 395 g/mol. The molecule has 0 spiro atoms. The normalized spacial score (nSPS) is 21.6. The summed E-state index contributed by atoms with van der Waals surface area (Å²) in [7, 11) is 0. The van der Waals surface area contributed by atoms with Crippen molar-refractivity contribution < 1.29 is 9.59 Å². The molecule has 0 radical (unpaired) electrons. The van der Waals surface area contributed by atoms with Crippen LogP contribution in [0.5, 0.6) is 0 Å². The quantitative estimate of drug-likeness (QED) is 0.802. The second kappa shape index (κ2) is 8.27. The Balaban J connectivity index is 1.40. The number of nitrogens with one attached hydrogen (secondary N) is 1. The third kappa shape index (κ3) is 4.02. The minimum atomic E-state index is -0.185. The Hall–Kier alpha value is -2.47. The average molecular weight is 396 g/mol. The van der Waals surface area contributed by atoms with Crippen molar-refractivity contribution in [3.63, 3.8) is 0 Å². The molecule has 0 saturated carbocycles. The number of thiazole rings is 1. The Kier molecular flexibility index (Phi) is 5.57. The lowest BCUT2D eigenvalue weighted by molar-refractivity contribution is -0.130. The molecule has 2 atom stereocenters. The highest BCUT2D eigenvalue weighted by atomic mass is 32.1. The topological polar surface area (TPSA) is 62.3 Å². The van der Waals surface area contributed by atoms with Crippen LogP contribution in [0.4, 0.5) is 5.13 Å². The molecule has 1 aromatic heterocycles. The summed E-state index contributed by atoms with van der Waals surface area (Å²) in [5.41, 5.74) is 2.50. The summed E-state index contributed by atoms with van der Waals surface area (Å²) in [4.78, 5) is 32.2. The zero-order valence-corrected chi connectivity index (χ0v) is 16.7. The third-order valence-corrected chi connectivity index (χ3v) is 6.75. The minimum Gasteiger partial charge on any atom is -0.338 e. The molecular formula is C22H25N3O2S. The fraction of sp³-hybridized carbons (Fsp3) is 0.409. The SMILES string of the molecule is C=CC(=O)N1CCCC(C(=O)Nc2nc3c(s2)CC(c2ccccc2)CC3)C1. The van der Waals surface area contributed by atoms with Gasteiger partial charge in [-0.05, 0) is 49.7 Å². The van der Waals surface area contributed by atoms with Crippen molar-refractivity contribution in [2.24, 2.45) is 5.92 Å². The van der Waals surface area contributed by atoms with Gasteiger partial charge in [0.2, 0.25) is 11.8 Å². The summed E-state index contributed by atoms with van der Waals surface area (Å²) in [6.45, 7) is 4.69. The fourth-order valence-corrected chi connectivity index (χ4v) is 5.26. The summed E-state index contributed by atoms with van der Waals surface area (Å²) in [6.07, 6.45) is 5.98. The molecule has 0 bridgehead atoms. The lowest BCUT2D eigenvalue weighted by atomic mass is 9.85. The predicted octanol–water partition coefficient (Wildman–Crippen LogP) is 3.78. The van der Waals surface area contributed by atoms with Gasteiger partial charge in [-0.15, -0.1) is 11.3 Å². The lowest BCUT2D eigenvalue weighted by Crippen LogP contribution is -2.43. The van der Waals surface area contributed by atoms with Crippen molar-refractivity contribution in [3.05, 3.63) is 59.1 Å². The molecule has 1 saturated heterocycles. The maximum Gasteiger partial charge on any atom is 0.245 e. The average Bonchev–Trinajstić information content (AvgIpc) is 3.15. The number of carbonyl (C=O) groups is 2. The zero-order valence-electron chi connectivity index (χ0n) is 15.9. The molecule has 2 unspecified atom stereocenters. The number of rotatable bonds is 4. The summed E-state index contributed by atoms with van der Waals surface area (Å²) in [5.74, 6) is 0.201. The van der Waals surface area contributed by atoms with Gasteiger partial charge in [0, 0.05) is 18.0 Å². The van der Waals surface area contributed by atoms with Crippen molar-refractivity contribution in [2.75, 3.05) is 18.4 Å². The lowest BCUT2D eigenvalue weighted by Gasteiger charge is -2.31. The van der Waals surface area contributed by atoms with E-state index in [1.165, 1.54) is 16.5 Å². The fourth-order valence-electron chi connectivity index (χ4n) is 4.17. The third-order valence-electron chi connectivity index (χ3n) is 5.72. The van der Waals surface area contributed by atoms with Crippen molar-refractivity contribution in [1.82, 2.24) is 9.88 Å². The van der Waals surface area contributed by atoms with Crippen LogP contribution in [0, 0.1) is 5.92 Å². The molecule has 1 aromatic carbocycles. The van der Waals surface area contributed by atoms with Gasteiger partial charge in [0.05, 0.1) is 11.6 Å². The van der Waals surface area contributed by atoms with Crippen LogP contribution < -0.4 is 5.32 Å². The molecule has 2 aromatic rings. The van der Waals surface area contributed by atoms with Crippen LogP contribution in [0.25, 0.3) is 0 Å². The second-order valence-electron chi connectivity index (χ2n) is 7.56. The van der Waals surface area contributed by atoms with Crippen LogP contribution >= 0.6 is 11.3 Å². The summed E-state index contributed by atoms with van der Waals surface area (Å²) >= 11 is 1.60. The van der Waals surface area contributed by atoms with E-state index in [1.807, 2.05) is 6.07 Å². The number of aromatic nitrogens is 1. The van der Waals surface area contributed by atoms with Crippen LogP contribution in [0.2, 0.25) is 0 Å². The van der Waals surface area contributed by atoms with E-state index in [9.17, 15) is 9.59 Å². The van der Waals surface area contributed by atoms with Gasteiger partial charge in [-0.25, -0.2) is 4.98 Å².